The number of nitrogens with zero attached hydrogens (tertiary/aromatic N) is 1. The average Bonchev–Trinajstić information content (AvgIpc) is 3.04. The number of aromatic amines is 1. The van der Waals surface area contributed by atoms with Crippen LogP contribution in [0.2, 0.25) is 0 Å². The molecule has 2 aliphatic heterocycles. The molecule has 0 unspecified atom stereocenters. The van der Waals surface area contributed by atoms with Crippen LogP contribution in [0.1, 0.15) is 29.2 Å². The van der Waals surface area contributed by atoms with Gasteiger partial charge in [-0.1, -0.05) is 6.07 Å². The summed E-state index contributed by atoms with van der Waals surface area (Å²) in [6, 6.07) is 5.81. The van der Waals surface area contributed by atoms with Gasteiger partial charge in [0.1, 0.15) is 0 Å². The molecule has 6 heteroatoms. The number of fused-ring (bicyclic) bond motifs is 2. The number of aryl methyl sites for hydroxylation is 1. The monoisotopic (exact) mass is 271 g/mol. The number of benzene rings is 1. The lowest BCUT2D eigenvalue weighted by molar-refractivity contribution is -0.116. The first-order valence-electron chi connectivity index (χ1n) is 6.46. The molecule has 4 rings (SSSR count). The maximum atomic E-state index is 11.8. The van der Waals surface area contributed by atoms with E-state index < -0.39 is 0 Å². The zero-order valence-corrected chi connectivity index (χ0v) is 10.9. The normalized spacial score (nSPS) is 19.6. The highest BCUT2D eigenvalue weighted by atomic mass is 16.7. The maximum Gasteiger partial charge on any atom is 0.231 e. The Kier molecular flexibility index (Phi) is 2.26. The van der Waals surface area contributed by atoms with Crippen LogP contribution >= 0.6 is 0 Å². The summed E-state index contributed by atoms with van der Waals surface area (Å²) in [6.45, 7) is 2.21. The highest BCUT2D eigenvalue weighted by Gasteiger charge is 2.31. The van der Waals surface area contributed by atoms with Crippen molar-refractivity contribution in [2.45, 2.75) is 19.3 Å². The van der Waals surface area contributed by atoms with Gasteiger partial charge in [-0.25, -0.2) is 0 Å². The lowest BCUT2D eigenvalue weighted by Crippen LogP contribution is -2.23. The molecule has 1 atom stereocenters. The van der Waals surface area contributed by atoms with Crippen LogP contribution in [0.5, 0.6) is 11.5 Å². The van der Waals surface area contributed by atoms with Gasteiger partial charge >= 0.3 is 0 Å². The summed E-state index contributed by atoms with van der Waals surface area (Å²) in [7, 11) is 0. The van der Waals surface area contributed by atoms with Crippen LogP contribution in [-0.4, -0.2) is 22.9 Å². The van der Waals surface area contributed by atoms with Gasteiger partial charge in [0.15, 0.2) is 17.3 Å². The van der Waals surface area contributed by atoms with Crippen molar-refractivity contribution in [3.05, 3.63) is 35.0 Å². The minimum atomic E-state index is -0.0216. The van der Waals surface area contributed by atoms with Gasteiger partial charge in [-0.15, -0.1) is 0 Å². The Morgan fingerprint density at radius 1 is 1.30 bits per heavy atom. The van der Waals surface area contributed by atoms with E-state index in [1.807, 2.05) is 25.1 Å². The summed E-state index contributed by atoms with van der Waals surface area (Å²) in [6.07, 6.45) is 0.410. The minimum Gasteiger partial charge on any atom is -0.454 e. The van der Waals surface area contributed by atoms with Gasteiger partial charge in [0.2, 0.25) is 12.7 Å². The molecule has 102 valence electrons. The number of aromatic nitrogens is 2. The molecule has 0 radical (unpaired) electrons. The predicted octanol–water partition coefficient (Wildman–Crippen LogP) is 1.92. The second-order valence-corrected chi connectivity index (χ2v) is 5.03. The molecule has 6 nitrogen and oxygen atoms in total. The number of carbonyl (C=O) groups excluding carboxylic acids is 1. The van der Waals surface area contributed by atoms with Crippen LogP contribution < -0.4 is 14.8 Å². The van der Waals surface area contributed by atoms with E-state index in [-0.39, 0.29) is 18.6 Å². The van der Waals surface area contributed by atoms with E-state index in [0.29, 0.717) is 12.2 Å². The molecule has 0 aliphatic carbocycles. The molecule has 2 aliphatic rings. The van der Waals surface area contributed by atoms with Crippen molar-refractivity contribution in [1.29, 1.82) is 0 Å². The lowest BCUT2D eigenvalue weighted by atomic mass is 9.86. The third-order valence-corrected chi connectivity index (χ3v) is 3.79. The van der Waals surface area contributed by atoms with E-state index in [0.717, 1.165) is 28.3 Å². The van der Waals surface area contributed by atoms with Crippen LogP contribution in [0.3, 0.4) is 0 Å². The van der Waals surface area contributed by atoms with Gasteiger partial charge in [-0.2, -0.15) is 5.10 Å². The molecule has 3 heterocycles. The van der Waals surface area contributed by atoms with Gasteiger partial charge in [0.05, 0.1) is 0 Å². The molecular weight excluding hydrogens is 258 g/mol. The van der Waals surface area contributed by atoms with Gasteiger partial charge in [0, 0.05) is 23.6 Å². The summed E-state index contributed by atoms with van der Waals surface area (Å²) in [5, 5.41) is 9.87. The Bertz CT molecular complexity index is 708. The number of rotatable bonds is 1. The summed E-state index contributed by atoms with van der Waals surface area (Å²) >= 11 is 0. The number of amides is 1. The summed E-state index contributed by atoms with van der Waals surface area (Å²) in [5.74, 6) is 2.08. The molecule has 0 spiro atoms. The van der Waals surface area contributed by atoms with Crippen molar-refractivity contribution in [1.82, 2.24) is 10.2 Å². The number of carbonyl (C=O) groups is 1. The molecule has 1 aromatic carbocycles. The largest absolute Gasteiger partial charge is 0.454 e. The van der Waals surface area contributed by atoms with Gasteiger partial charge in [-0.05, 0) is 24.6 Å². The molecular formula is C14H13N3O3. The first kappa shape index (κ1) is 11.3. The standard InChI is InChI=1S/C14H13N3O3/c1-7-13-9(5-12(18)15-14(13)17-16-7)8-2-3-10-11(4-8)20-6-19-10/h2-4,9H,5-6H2,1H3,(H2,15,16,17,18)/t9-/m1/s1. The van der Waals surface area contributed by atoms with Crippen molar-refractivity contribution in [3.63, 3.8) is 0 Å². The SMILES string of the molecule is Cc1[nH]nc2c1[C@@H](c1ccc3c(c1)OCO3)CC(=O)N2. The minimum absolute atomic E-state index is 0.00741. The number of anilines is 1. The maximum absolute atomic E-state index is 11.8. The fourth-order valence-corrected chi connectivity index (χ4v) is 2.84. The molecule has 0 saturated carbocycles. The van der Waals surface area contributed by atoms with Crippen molar-refractivity contribution in [3.8, 4) is 11.5 Å². The Morgan fingerprint density at radius 2 is 2.15 bits per heavy atom. The Hall–Kier alpha value is -2.50. The third kappa shape index (κ3) is 1.57. The fraction of sp³-hybridized carbons (Fsp3) is 0.286. The van der Waals surface area contributed by atoms with Crippen molar-refractivity contribution >= 4 is 11.7 Å². The van der Waals surface area contributed by atoms with E-state index in [1.54, 1.807) is 0 Å². The number of hydrogen-bond donors (Lipinski definition) is 2. The van der Waals surface area contributed by atoms with E-state index in [1.165, 1.54) is 0 Å². The highest BCUT2D eigenvalue weighted by Crippen LogP contribution is 2.41. The second kappa shape index (κ2) is 4.00. The van der Waals surface area contributed by atoms with Crippen molar-refractivity contribution in [2.24, 2.45) is 0 Å². The number of H-pyrrole nitrogens is 1. The number of ether oxygens (including phenoxy) is 2. The van der Waals surface area contributed by atoms with Gasteiger partial charge < -0.3 is 14.8 Å². The van der Waals surface area contributed by atoms with E-state index in [2.05, 4.69) is 15.5 Å². The molecule has 2 aromatic rings. The molecule has 1 amide bonds. The fourth-order valence-electron chi connectivity index (χ4n) is 2.84. The molecule has 1 aromatic heterocycles. The topological polar surface area (TPSA) is 76.2 Å². The smallest absolute Gasteiger partial charge is 0.231 e. The molecule has 2 N–H and O–H groups in total. The number of hydrogen-bond acceptors (Lipinski definition) is 4. The quantitative estimate of drug-likeness (QED) is 0.830. The van der Waals surface area contributed by atoms with E-state index in [4.69, 9.17) is 9.47 Å². The van der Waals surface area contributed by atoms with Crippen LogP contribution in [0.25, 0.3) is 0 Å². The van der Waals surface area contributed by atoms with Crippen LogP contribution in [0.4, 0.5) is 5.82 Å². The summed E-state index contributed by atoms with van der Waals surface area (Å²) in [5.41, 5.74) is 3.06. The van der Waals surface area contributed by atoms with Gasteiger partial charge in [-0.3, -0.25) is 9.89 Å². The summed E-state index contributed by atoms with van der Waals surface area (Å²) < 4.78 is 10.7. The summed E-state index contributed by atoms with van der Waals surface area (Å²) in [4.78, 5) is 11.8. The van der Waals surface area contributed by atoms with Crippen LogP contribution in [-0.2, 0) is 4.79 Å². The van der Waals surface area contributed by atoms with Crippen LogP contribution in [0.15, 0.2) is 18.2 Å². The van der Waals surface area contributed by atoms with Crippen LogP contribution in [0, 0.1) is 6.92 Å². The Morgan fingerprint density at radius 3 is 3.05 bits per heavy atom. The molecule has 0 saturated heterocycles. The average molecular weight is 271 g/mol. The first-order chi connectivity index (χ1) is 9.72. The highest BCUT2D eigenvalue weighted by molar-refractivity contribution is 5.94. The molecule has 0 fully saturated rings. The van der Waals surface area contributed by atoms with E-state index >= 15 is 0 Å². The van der Waals surface area contributed by atoms with Gasteiger partial charge in [0.25, 0.3) is 0 Å². The molecule has 0 bridgehead atoms. The Balaban J connectivity index is 1.82. The van der Waals surface area contributed by atoms with Crippen molar-refractivity contribution < 1.29 is 14.3 Å². The zero-order valence-electron chi connectivity index (χ0n) is 10.9. The predicted molar refractivity (Wildman–Crippen MR) is 71.0 cm³/mol. The Labute approximate surface area is 115 Å². The number of nitrogens with one attached hydrogen (secondary N) is 2. The zero-order chi connectivity index (χ0) is 13.7. The van der Waals surface area contributed by atoms with E-state index in [9.17, 15) is 4.79 Å². The van der Waals surface area contributed by atoms with Crippen molar-refractivity contribution in [2.75, 3.05) is 12.1 Å². The lowest BCUT2D eigenvalue weighted by Gasteiger charge is -2.23. The third-order valence-electron chi connectivity index (χ3n) is 3.79. The second-order valence-electron chi connectivity index (χ2n) is 5.03. The first-order valence-corrected chi connectivity index (χ1v) is 6.46. The molecule has 20 heavy (non-hydrogen) atoms.